The molecule has 4 nitrogen and oxygen atoms in total. The summed E-state index contributed by atoms with van der Waals surface area (Å²) in [6, 6.07) is 2.94. The standard InChI is InChI=1S/C17H19ClO4S2/c1-2-23-13-5-3-4-12(19)15(13)17(20)11-6-7-14-10(16(11)18)8-9-24(14,21)22/h6-7,13,15H,2-5,8-9H2,1H3. The molecular formula is C17H19ClO4S2. The maximum Gasteiger partial charge on any atom is 0.179 e. The van der Waals surface area contributed by atoms with Crippen LogP contribution in [0.25, 0.3) is 0 Å². The lowest BCUT2D eigenvalue weighted by molar-refractivity contribution is -0.122. The zero-order valence-electron chi connectivity index (χ0n) is 13.4. The number of hydrogen-bond acceptors (Lipinski definition) is 5. The molecule has 0 bridgehead atoms. The van der Waals surface area contributed by atoms with Crippen molar-refractivity contribution in [2.45, 2.75) is 42.8 Å². The van der Waals surface area contributed by atoms with Crippen molar-refractivity contribution in [2.24, 2.45) is 5.92 Å². The molecule has 0 spiro atoms. The lowest BCUT2D eigenvalue weighted by Crippen LogP contribution is -2.37. The first-order chi connectivity index (χ1) is 11.4. The largest absolute Gasteiger partial charge is 0.299 e. The second kappa shape index (κ2) is 6.81. The molecule has 0 radical (unpaired) electrons. The number of sulfone groups is 1. The van der Waals surface area contributed by atoms with E-state index < -0.39 is 15.8 Å². The Morgan fingerprint density at radius 2 is 2.08 bits per heavy atom. The first-order valence-electron chi connectivity index (χ1n) is 8.09. The lowest BCUT2D eigenvalue weighted by atomic mass is 9.82. The van der Waals surface area contributed by atoms with E-state index in [-0.39, 0.29) is 38.1 Å². The van der Waals surface area contributed by atoms with Crippen LogP contribution in [-0.4, -0.2) is 36.7 Å². The molecule has 0 saturated heterocycles. The highest BCUT2D eigenvalue weighted by atomic mass is 35.5. The van der Waals surface area contributed by atoms with Gasteiger partial charge in [0.25, 0.3) is 0 Å². The fourth-order valence-electron chi connectivity index (χ4n) is 3.55. The van der Waals surface area contributed by atoms with E-state index in [0.717, 1.165) is 18.6 Å². The molecule has 1 saturated carbocycles. The molecule has 2 unspecified atom stereocenters. The molecule has 1 aliphatic heterocycles. The average Bonchev–Trinajstić information content (AvgIpc) is 2.84. The first-order valence-corrected chi connectivity index (χ1v) is 11.2. The number of carbonyl (C=O) groups excluding carboxylic acids is 2. The number of carbonyl (C=O) groups is 2. The summed E-state index contributed by atoms with van der Waals surface area (Å²) in [4.78, 5) is 25.6. The maximum atomic E-state index is 13.0. The number of halogens is 1. The molecule has 3 rings (SSSR count). The fourth-order valence-corrected chi connectivity index (χ4v) is 6.73. The number of thioether (sulfide) groups is 1. The van der Waals surface area contributed by atoms with Gasteiger partial charge < -0.3 is 0 Å². The molecule has 2 atom stereocenters. The van der Waals surface area contributed by atoms with Crippen LogP contribution in [0, 0.1) is 5.92 Å². The van der Waals surface area contributed by atoms with Crippen molar-refractivity contribution in [1.82, 2.24) is 0 Å². The zero-order chi connectivity index (χ0) is 17.5. The van der Waals surface area contributed by atoms with E-state index in [1.807, 2.05) is 6.92 Å². The summed E-state index contributed by atoms with van der Waals surface area (Å²) in [6.07, 6.45) is 2.41. The lowest BCUT2D eigenvalue weighted by Gasteiger charge is -2.29. The van der Waals surface area contributed by atoms with E-state index in [4.69, 9.17) is 11.6 Å². The minimum absolute atomic E-state index is 0.0168. The van der Waals surface area contributed by atoms with Crippen LogP contribution in [-0.2, 0) is 21.1 Å². The average molecular weight is 387 g/mol. The van der Waals surface area contributed by atoms with Gasteiger partial charge in [0, 0.05) is 17.2 Å². The molecule has 1 aromatic carbocycles. The van der Waals surface area contributed by atoms with Gasteiger partial charge in [0.05, 0.1) is 21.6 Å². The van der Waals surface area contributed by atoms with Crippen molar-refractivity contribution in [3.63, 3.8) is 0 Å². The van der Waals surface area contributed by atoms with Gasteiger partial charge in [0.1, 0.15) is 5.78 Å². The number of ketones is 2. The molecule has 2 aliphatic rings. The minimum Gasteiger partial charge on any atom is -0.299 e. The van der Waals surface area contributed by atoms with Gasteiger partial charge in [-0.2, -0.15) is 11.8 Å². The van der Waals surface area contributed by atoms with Crippen LogP contribution in [0.3, 0.4) is 0 Å². The Balaban J connectivity index is 2.00. The zero-order valence-corrected chi connectivity index (χ0v) is 15.8. The Bertz CT molecular complexity index is 799. The van der Waals surface area contributed by atoms with Gasteiger partial charge in [-0.3, -0.25) is 9.59 Å². The highest BCUT2D eigenvalue weighted by Gasteiger charge is 2.39. The smallest absolute Gasteiger partial charge is 0.179 e. The molecule has 1 aliphatic carbocycles. The quantitative estimate of drug-likeness (QED) is 0.586. The van der Waals surface area contributed by atoms with Crippen molar-refractivity contribution < 1.29 is 18.0 Å². The van der Waals surface area contributed by atoms with Crippen LogP contribution in [0.5, 0.6) is 0 Å². The van der Waals surface area contributed by atoms with Crippen molar-refractivity contribution in [1.29, 1.82) is 0 Å². The van der Waals surface area contributed by atoms with E-state index in [2.05, 4.69) is 0 Å². The van der Waals surface area contributed by atoms with Gasteiger partial charge in [-0.05, 0) is 42.7 Å². The highest BCUT2D eigenvalue weighted by molar-refractivity contribution is 7.99. The number of rotatable bonds is 4. The van der Waals surface area contributed by atoms with E-state index in [1.165, 1.54) is 12.1 Å². The molecule has 1 fully saturated rings. The van der Waals surface area contributed by atoms with Gasteiger partial charge in [0.15, 0.2) is 15.6 Å². The van der Waals surface area contributed by atoms with Gasteiger partial charge in [0.2, 0.25) is 0 Å². The monoisotopic (exact) mass is 386 g/mol. The first kappa shape index (κ1) is 18.0. The number of Topliss-reactive ketones (excluding diaryl/α,β-unsaturated/α-hetero) is 2. The molecule has 1 aromatic rings. The van der Waals surface area contributed by atoms with Crippen molar-refractivity contribution >= 4 is 44.8 Å². The van der Waals surface area contributed by atoms with Crippen LogP contribution in [0.2, 0.25) is 5.02 Å². The predicted octanol–water partition coefficient (Wildman–Crippen LogP) is 3.34. The topological polar surface area (TPSA) is 68.3 Å². The highest BCUT2D eigenvalue weighted by Crippen LogP contribution is 2.38. The third-order valence-corrected chi connectivity index (χ3v) is 8.21. The predicted molar refractivity (Wildman–Crippen MR) is 95.8 cm³/mol. The fraction of sp³-hybridized carbons (Fsp3) is 0.529. The Labute approximate surface area is 151 Å². The normalized spacial score (nSPS) is 25.5. The van der Waals surface area contributed by atoms with E-state index >= 15 is 0 Å². The van der Waals surface area contributed by atoms with Crippen LogP contribution in [0.15, 0.2) is 17.0 Å². The molecule has 7 heteroatoms. The Morgan fingerprint density at radius 3 is 2.79 bits per heavy atom. The molecular weight excluding hydrogens is 368 g/mol. The van der Waals surface area contributed by atoms with Crippen molar-refractivity contribution in [2.75, 3.05) is 11.5 Å². The summed E-state index contributed by atoms with van der Waals surface area (Å²) in [5.74, 6) is -0.0877. The van der Waals surface area contributed by atoms with E-state index in [1.54, 1.807) is 11.8 Å². The molecule has 0 aromatic heterocycles. The van der Waals surface area contributed by atoms with Crippen LogP contribution in [0.1, 0.15) is 42.1 Å². The summed E-state index contributed by atoms with van der Waals surface area (Å²) >= 11 is 8.00. The number of fused-ring (bicyclic) bond motifs is 1. The summed E-state index contributed by atoms with van der Waals surface area (Å²) < 4.78 is 24.0. The Hall–Kier alpha value is -0.850. The molecule has 0 N–H and O–H groups in total. The summed E-state index contributed by atoms with van der Waals surface area (Å²) in [5.41, 5.74) is 0.805. The van der Waals surface area contributed by atoms with Gasteiger partial charge >= 0.3 is 0 Å². The molecule has 130 valence electrons. The van der Waals surface area contributed by atoms with Crippen molar-refractivity contribution in [3.05, 3.63) is 28.3 Å². The summed E-state index contributed by atoms with van der Waals surface area (Å²) in [5, 5.41) is 0.189. The van der Waals surface area contributed by atoms with Gasteiger partial charge in [-0.1, -0.05) is 18.5 Å². The summed E-state index contributed by atoms with van der Waals surface area (Å²) in [7, 11) is -3.29. The molecule has 24 heavy (non-hydrogen) atoms. The van der Waals surface area contributed by atoms with E-state index in [0.29, 0.717) is 18.4 Å². The second-order valence-corrected chi connectivity index (χ2v) is 10.1. The molecule has 0 amide bonds. The third kappa shape index (κ3) is 3.04. The van der Waals surface area contributed by atoms with Crippen LogP contribution in [0.4, 0.5) is 0 Å². The summed E-state index contributed by atoms with van der Waals surface area (Å²) in [6.45, 7) is 2.01. The number of benzene rings is 1. The van der Waals surface area contributed by atoms with Crippen LogP contribution < -0.4 is 0 Å². The van der Waals surface area contributed by atoms with Crippen molar-refractivity contribution in [3.8, 4) is 0 Å². The van der Waals surface area contributed by atoms with Crippen LogP contribution >= 0.6 is 23.4 Å². The molecule has 1 heterocycles. The number of hydrogen-bond donors (Lipinski definition) is 0. The maximum absolute atomic E-state index is 13.0. The second-order valence-electron chi connectivity index (χ2n) is 6.17. The Morgan fingerprint density at radius 1 is 1.33 bits per heavy atom. The van der Waals surface area contributed by atoms with Gasteiger partial charge in [-0.25, -0.2) is 8.42 Å². The SMILES string of the molecule is CCSC1CCCC(=O)C1C(=O)c1ccc2c(c1Cl)CCS2(=O)=O. The minimum atomic E-state index is -3.29. The Kier molecular flexibility index (Phi) is 5.09. The third-order valence-electron chi connectivity index (χ3n) is 4.72. The van der Waals surface area contributed by atoms with Gasteiger partial charge in [-0.15, -0.1) is 0 Å². The van der Waals surface area contributed by atoms with E-state index in [9.17, 15) is 18.0 Å².